The van der Waals surface area contributed by atoms with E-state index in [-0.39, 0.29) is 35.7 Å². The molecule has 0 heterocycles. The second-order valence-corrected chi connectivity index (χ2v) is 7.24. The fraction of sp³-hybridized carbons (Fsp3) is 0.556. The number of hydrogen-bond acceptors (Lipinski definition) is 3. The molecule has 24 heavy (non-hydrogen) atoms. The van der Waals surface area contributed by atoms with Crippen molar-refractivity contribution in [2.24, 2.45) is 23.5 Å². The Balaban J connectivity index is 0.00000208. The lowest BCUT2D eigenvalue weighted by Gasteiger charge is -2.29. The third-order valence-corrected chi connectivity index (χ3v) is 5.14. The standard InChI is InChI=1S/C18H25N3O2.ClH/c1-11-8-15(11)17(23)20-14-5-3-4-12(9-14)16(22)21-18(2,10-19)13-6-7-13;/h3-5,9,11,13,15H,6-8,10,19H2,1-2H3,(H,20,23)(H,21,22);1H. The number of carbonyl (C=O) groups is 2. The molecule has 0 aromatic heterocycles. The lowest BCUT2D eigenvalue weighted by Crippen LogP contribution is -2.53. The first-order chi connectivity index (χ1) is 10.9. The van der Waals surface area contributed by atoms with Crippen LogP contribution in [0.4, 0.5) is 5.69 Å². The van der Waals surface area contributed by atoms with Gasteiger partial charge in [-0.05, 0) is 56.2 Å². The van der Waals surface area contributed by atoms with Crippen molar-refractivity contribution in [1.29, 1.82) is 0 Å². The van der Waals surface area contributed by atoms with Gasteiger partial charge in [0.15, 0.2) is 0 Å². The summed E-state index contributed by atoms with van der Waals surface area (Å²) in [5.74, 6) is 0.949. The normalized spacial score (nSPS) is 24.3. The molecule has 0 bridgehead atoms. The largest absolute Gasteiger partial charge is 0.345 e. The van der Waals surface area contributed by atoms with Crippen molar-refractivity contribution in [3.05, 3.63) is 29.8 Å². The Morgan fingerprint density at radius 3 is 2.54 bits per heavy atom. The molecule has 2 aliphatic rings. The zero-order valence-corrected chi connectivity index (χ0v) is 15.0. The highest BCUT2D eigenvalue weighted by atomic mass is 35.5. The van der Waals surface area contributed by atoms with Gasteiger partial charge in [0.1, 0.15) is 0 Å². The third-order valence-electron chi connectivity index (χ3n) is 5.14. The minimum Gasteiger partial charge on any atom is -0.345 e. The summed E-state index contributed by atoms with van der Waals surface area (Å²) in [6.45, 7) is 4.50. The molecule has 3 rings (SSSR count). The SMILES string of the molecule is CC1CC1C(=O)Nc1cccc(C(=O)NC(C)(CN)C2CC2)c1.Cl. The van der Waals surface area contributed by atoms with E-state index in [0.717, 1.165) is 19.3 Å². The van der Waals surface area contributed by atoms with Crippen molar-refractivity contribution in [1.82, 2.24) is 5.32 Å². The van der Waals surface area contributed by atoms with Crippen LogP contribution < -0.4 is 16.4 Å². The van der Waals surface area contributed by atoms with Crippen LogP contribution in [0, 0.1) is 17.8 Å². The Labute approximate surface area is 149 Å². The van der Waals surface area contributed by atoms with Gasteiger partial charge in [0.25, 0.3) is 5.91 Å². The van der Waals surface area contributed by atoms with E-state index in [4.69, 9.17) is 5.73 Å². The van der Waals surface area contributed by atoms with Crippen molar-refractivity contribution in [3.8, 4) is 0 Å². The minimum atomic E-state index is -0.347. The Morgan fingerprint density at radius 1 is 1.33 bits per heavy atom. The molecule has 1 aromatic carbocycles. The van der Waals surface area contributed by atoms with Crippen LogP contribution >= 0.6 is 12.4 Å². The number of amides is 2. The van der Waals surface area contributed by atoms with Gasteiger partial charge in [-0.3, -0.25) is 9.59 Å². The monoisotopic (exact) mass is 351 g/mol. The molecule has 2 saturated carbocycles. The maximum Gasteiger partial charge on any atom is 0.251 e. The molecule has 3 atom stereocenters. The Morgan fingerprint density at radius 2 is 2.00 bits per heavy atom. The van der Waals surface area contributed by atoms with Gasteiger partial charge < -0.3 is 16.4 Å². The van der Waals surface area contributed by atoms with Crippen LogP contribution in [0.25, 0.3) is 0 Å². The summed E-state index contributed by atoms with van der Waals surface area (Å²) >= 11 is 0. The Bertz CT molecular complexity index is 632. The van der Waals surface area contributed by atoms with E-state index in [1.165, 1.54) is 0 Å². The van der Waals surface area contributed by atoms with Gasteiger partial charge in [-0.2, -0.15) is 0 Å². The van der Waals surface area contributed by atoms with Crippen molar-refractivity contribution in [2.75, 3.05) is 11.9 Å². The lowest BCUT2D eigenvalue weighted by molar-refractivity contribution is -0.117. The van der Waals surface area contributed by atoms with Crippen molar-refractivity contribution in [2.45, 2.75) is 38.6 Å². The fourth-order valence-corrected chi connectivity index (χ4v) is 3.03. The Kier molecular flexibility index (Phi) is 5.56. The molecule has 4 N–H and O–H groups in total. The number of anilines is 1. The number of hydrogen-bond donors (Lipinski definition) is 3. The first-order valence-electron chi connectivity index (χ1n) is 8.36. The summed E-state index contributed by atoms with van der Waals surface area (Å²) in [4.78, 5) is 24.5. The molecule has 1 aromatic rings. The number of halogens is 1. The molecule has 5 nitrogen and oxygen atoms in total. The quantitative estimate of drug-likeness (QED) is 0.736. The van der Waals surface area contributed by atoms with Gasteiger partial charge in [0.05, 0.1) is 5.54 Å². The van der Waals surface area contributed by atoms with Crippen molar-refractivity contribution in [3.63, 3.8) is 0 Å². The molecule has 2 amide bonds. The van der Waals surface area contributed by atoms with Gasteiger partial charge in [-0.25, -0.2) is 0 Å². The molecule has 0 aliphatic heterocycles. The first-order valence-corrected chi connectivity index (χ1v) is 8.36. The van der Waals surface area contributed by atoms with Crippen LogP contribution in [-0.2, 0) is 4.79 Å². The molecule has 3 unspecified atom stereocenters. The topological polar surface area (TPSA) is 84.2 Å². The summed E-state index contributed by atoms with van der Waals surface area (Å²) in [5, 5.41) is 5.97. The highest BCUT2D eigenvalue weighted by molar-refractivity contribution is 5.98. The average molecular weight is 352 g/mol. The van der Waals surface area contributed by atoms with Crippen molar-refractivity contribution >= 4 is 29.9 Å². The van der Waals surface area contributed by atoms with Crippen LogP contribution in [0.2, 0.25) is 0 Å². The summed E-state index contributed by atoms with van der Waals surface area (Å²) < 4.78 is 0. The predicted octanol–water partition coefficient (Wildman–Crippen LogP) is 2.56. The highest BCUT2D eigenvalue weighted by Crippen LogP contribution is 2.39. The predicted molar refractivity (Wildman–Crippen MR) is 97.2 cm³/mol. The second-order valence-electron chi connectivity index (χ2n) is 7.24. The molecule has 0 radical (unpaired) electrons. The number of benzene rings is 1. The molecule has 0 spiro atoms. The van der Waals surface area contributed by atoms with Crippen LogP contribution in [0.5, 0.6) is 0 Å². The number of carbonyl (C=O) groups excluding carboxylic acids is 2. The second kappa shape index (κ2) is 7.11. The summed E-state index contributed by atoms with van der Waals surface area (Å²) in [5.41, 5.74) is 6.72. The lowest BCUT2D eigenvalue weighted by atomic mass is 9.95. The van der Waals surface area contributed by atoms with E-state index in [1.54, 1.807) is 18.2 Å². The van der Waals surface area contributed by atoms with Crippen LogP contribution in [-0.4, -0.2) is 23.9 Å². The molecule has 2 fully saturated rings. The van der Waals surface area contributed by atoms with Gasteiger partial charge in [0.2, 0.25) is 5.91 Å². The highest BCUT2D eigenvalue weighted by Gasteiger charge is 2.42. The van der Waals surface area contributed by atoms with Crippen LogP contribution in [0.1, 0.15) is 43.5 Å². The zero-order chi connectivity index (χ0) is 16.6. The van der Waals surface area contributed by atoms with Crippen LogP contribution in [0.15, 0.2) is 24.3 Å². The fourth-order valence-electron chi connectivity index (χ4n) is 3.03. The van der Waals surface area contributed by atoms with E-state index < -0.39 is 0 Å². The van der Waals surface area contributed by atoms with Crippen molar-refractivity contribution < 1.29 is 9.59 Å². The molecule has 132 valence electrons. The van der Waals surface area contributed by atoms with E-state index in [1.807, 2.05) is 13.0 Å². The molecular formula is C18H26ClN3O2. The number of rotatable bonds is 6. The molecule has 2 aliphatic carbocycles. The smallest absolute Gasteiger partial charge is 0.251 e. The molecule has 6 heteroatoms. The third kappa shape index (κ3) is 4.08. The van der Waals surface area contributed by atoms with Gasteiger partial charge >= 0.3 is 0 Å². The van der Waals surface area contributed by atoms with E-state index >= 15 is 0 Å². The van der Waals surface area contributed by atoms with Gasteiger partial charge in [-0.15, -0.1) is 12.4 Å². The molecule has 0 saturated heterocycles. The summed E-state index contributed by atoms with van der Waals surface area (Å²) in [6.07, 6.45) is 3.18. The Hall–Kier alpha value is -1.59. The van der Waals surface area contributed by atoms with Gasteiger partial charge in [0, 0.05) is 23.7 Å². The number of nitrogens with two attached hydrogens (primary N) is 1. The van der Waals surface area contributed by atoms with E-state index in [9.17, 15) is 9.59 Å². The minimum absolute atomic E-state index is 0. The van der Waals surface area contributed by atoms with Crippen LogP contribution in [0.3, 0.4) is 0 Å². The van der Waals surface area contributed by atoms with E-state index in [0.29, 0.717) is 29.6 Å². The molecular weight excluding hydrogens is 326 g/mol. The van der Waals surface area contributed by atoms with Gasteiger partial charge in [-0.1, -0.05) is 13.0 Å². The van der Waals surface area contributed by atoms with E-state index in [2.05, 4.69) is 17.6 Å². The zero-order valence-electron chi connectivity index (χ0n) is 14.2. The first kappa shape index (κ1) is 18.7. The maximum absolute atomic E-state index is 12.5. The summed E-state index contributed by atoms with van der Waals surface area (Å²) in [7, 11) is 0. The maximum atomic E-state index is 12.5. The number of nitrogens with one attached hydrogen (secondary N) is 2. The average Bonchev–Trinajstić information content (AvgIpc) is 3.42. The summed E-state index contributed by atoms with van der Waals surface area (Å²) in [6, 6.07) is 7.08.